The number of aromatic nitrogens is 2. The zero-order chi connectivity index (χ0) is 15.0. The van der Waals surface area contributed by atoms with Crippen LogP contribution in [0.1, 0.15) is 0 Å². The summed E-state index contributed by atoms with van der Waals surface area (Å²) >= 11 is 6.56. The van der Waals surface area contributed by atoms with Gasteiger partial charge in [-0.25, -0.2) is 4.39 Å². The van der Waals surface area contributed by atoms with Gasteiger partial charge in [-0.3, -0.25) is 0 Å². The minimum atomic E-state index is -0.381. The first kappa shape index (κ1) is 14.2. The van der Waals surface area contributed by atoms with E-state index in [1.165, 1.54) is 12.1 Å². The van der Waals surface area contributed by atoms with Crippen molar-refractivity contribution in [3.63, 3.8) is 0 Å². The van der Waals surface area contributed by atoms with Gasteiger partial charge in [0.2, 0.25) is 5.82 Å². The van der Waals surface area contributed by atoms with Crippen LogP contribution in [-0.4, -0.2) is 10.1 Å². The highest BCUT2D eigenvalue weighted by molar-refractivity contribution is 9.10. The first-order chi connectivity index (χ1) is 10.0. The first-order valence-electron chi connectivity index (χ1n) is 5.88. The highest BCUT2D eigenvalue weighted by Crippen LogP contribution is 2.29. The van der Waals surface area contributed by atoms with E-state index < -0.39 is 0 Å². The summed E-state index contributed by atoms with van der Waals surface area (Å²) in [6.07, 6.45) is 0. The average Bonchev–Trinajstić information content (AvgIpc) is 2.87. The number of nitrogens with zero attached hydrogens (tertiary/aromatic N) is 2. The SMILES string of the molecule is Nc1cc(Br)ccc1-c1nc(-c2cc(F)cc(Br)c2)no1. The number of halogens is 3. The van der Waals surface area contributed by atoms with Crippen molar-refractivity contribution < 1.29 is 8.91 Å². The van der Waals surface area contributed by atoms with E-state index in [1.54, 1.807) is 18.2 Å². The molecule has 0 saturated heterocycles. The van der Waals surface area contributed by atoms with Crippen molar-refractivity contribution in [2.45, 2.75) is 0 Å². The molecule has 0 radical (unpaired) electrons. The highest BCUT2D eigenvalue weighted by Gasteiger charge is 2.14. The second-order valence-electron chi connectivity index (χ2n) is 4.31. The Bertz CT molecular complexity index is 799. The maximum atomic E-state index is 13.4. The number of anilines is 1. The molecule has 2 aromatic carbocycles. The maximum absolute atomic E-state index is 13.4. The van der Waals surface area contributed by atoms with Gasteiger partial charge in [0.05, 0.1) is 5.56 Å². The van der Waals surface area contributed by atoms with Crippen molar-refractivity contribution in [3.05, 3.63) is 51.2 Å². The maximum Gasteiger partial charge on any atom is 0.260 e. The van der Waals surface area contributed by atoms with E-state index in [9.17, 15) is 4.39 Å². The summed E-state index contributed by atoms with van der Waals surface area (Å²) in [7, 11) is 0. The van der Waals surface area contributed by atoms with Gasteiger partial charge < -0.3 is 10.3 Å². The van der Waals surface area contributed by atoms with E-state index in [1.807, 2.05) is 6.07 Å². The van der Waals surface area contributed by atoms with Gasteiger partial charge in [0.1, 0.15) is 5.82 Å². The zero-order valence-corrected chi connectivity index (χ0v) is 13.7. The van der Waals surface area contributed by atoms with Crippen molar-refractivity contribution in [1.82, 2.24) is 10.1 Å². The van der Waals surface area contributed by atoms with Crippen LogP contribution >= 0.6 is 31.9 Å². The van der Waals surface area contributed by atoms with Crippen molar-refractivity contribution in [2.24, 2.45) is 0 Å². The predicted octanol–water partition coefficient (Wildman–Crippen LogP) is 4.65. The van der Waals surface area contributed by atoms with Crippen LogP contribution in [0.25, 0.3) is 22.8 Å². The largest absolute Gasteiger partial charge is 0.398 e. The normalized spacial score (nSPS) is 10.8. The third-order valence-electron chi connectivity index (χ3n) is 2.79. The Balaban J connectivity index is 2.03. The van der Waals surface area contributed by atoms with Crippen LogP contribution in [0.3, 0.4) is 0 Å². The van der Waals surface area contributed by atoms with E-state index in [-0.39, 0.29) is 11.7 Å². The average molecular weight is 413 g/mol. The van der Waals surface area contributed by atoms with Crippen molar-refractivity contribution >= 4 is 37.5 Å². The quantitative estimate of drug-likeness (QED) is 0.622. The summed E-state index contributed by atoms with van der Waals surface area (Å²) in [4.78, 5) is 4.26. The molecule has 7 heteroatoms. The molecule has 0 saturated carbocycles. The lowest BCUT2D eigenvalue weighted by Crippen LogP contribution is -1.90. The topological polar surface area (TPSA) is 64.9 Å². The van der Waals surface area contributed by atoms with Crippen LogP contribution in [0.2, 0.25) is 0 Å². The van der Waals surface area contributed by atoms with E-state index in [0.717, 1.165) is 4.47 Å². The lowest BCUT2D eigenvalue weighted by atomic mass is 10.2. The summed E-state index contributed by atoms with van der Waals surface area (Å²) in [5.74, 6) is 0.205. The van der Waals surface area contributed by atoms with Gasteiger partial charge in [-0.05, 0) is 36.4 Å². The number of hydrogen-bond donors (Lipinski definition) is 1. The number of benzene rings is 2. The Labute approximate surface area is 136 Å². The molecule has 21 heavy (non-hydrogen) atoms. The minimum absolute atomic E-state index is 0.287. The second-order valence-corrected chi connectivity index (χ2v) is 6.14. The third-order valence-corrected chi connectivity index (χ3v) is 3.74. The van der Waals surface area contributed by atoms with Crippen molar-refractivity contribution in [2.75, 3.05) is 5.73 Å². The monoisotopic (exact) mass is 411 g/mol. The van der Waals surface area contributed by atoms with Gasteiger partial charge in [0.25, 0.3) is 5.89 Å². The Hall–Kier alpha value is -1.73. The van der Waals surface area contributed by atoms with Crippen molar-refractivity contribution in [1.29, 1.82) is 0 Å². The summed E-state index contributed by atoms with van der Waals surface area (Å²) < 4.78 is 20.1. The molecule has 0 amide bonds. The third kappa shape index (κ3) is 2.98. The Morgan fingerprint density at radius 3 is 2.57 bits per heavy atom. The van der Waals surface area contributed by atoms with Crippen LogP contribution in [0, 0.1) is 5.82 Å². The number of nitrogen functional groups attached to an aromatic ring is 1. The standard InChI is InChI=1S/C14H8Br2FN3O/c15-8-1-2-11(12(18)6-8)14-19-13(20-21-14)7-3-9(16)5-10(17)4-7/h1-6H,18H2. The second kappa shape index (κ2) is 5.57. The van der Waals surface area contributed by atoms with Crippen LogP contribution in [0.4, 0.5) is 10.1 Å². The summed E-state index contributed by atoms with van der Waals surface area (Å²) in [5, 5.41) is 3.87. The molecule has 2 N–H and O–H groups in total. The molecule has 0 aliphatic heterocycles. The molecule has 0 aliphatic rings. The van der Waals surface area contributed by atoms with Crippen LogP contribution in [0.5, 0.6) is 0 Å². The number of nitrogens with two attached hydrogens (primary N) is 1. The summed E-state index contributed by atoms with van der Waals surface area (Å²) in [6, 6.07) is 9.76. The molecule has 0 atom stereocenters. The first-order valence-corrected chi connectivity index (χ1v) is 7.47. The van der Waals surface area contributed by atoms with Gasteiger partial charge in [-0.15, -0.1) is 0 Å². The van der Waals surface area contributed by atoms with Crippen LogP contribution < -0.4 is 5.73 Å². The molecule has 0 fully saturated rings. The molecular weight excluding hydrogens is 405 g/mol. The minimum Gasteiger partial charge on any atom is -0.398 e. The molecule has 0 aliphatic carbocycles. The Morgan fingerprint density at radius 2 is 1.86 bits per heavy atom. The molecule has 0 unspecified atom stereocenters. The summed E-state index contributed by atoms with van der Waals surface area (Å²) in [6.45, 7) is 0. The number of rotatable bonds is 2. The lowest BCUT2D eigenvalue weighted by Gasteiger charge is -2.00. The van der Waals surface area contributed by atoms with Gasteiger partial charge >= 0.3 is 0 Å². The van der Waals surface area contributed by atoms with E-state index in [0.29, 0.717) is 27.1 Å². The lowest BCUT2D eigenvalue weighted by molar-refractivity contribution is 0.432. The Morgan fingerprint density at radius 1 is 1.05 bits per heavy atom. The smallest absolute Gasteiger partial charge is 0.260 e. The van der Waals surface area contributed by atoms with E-state index >= 15 is 0 Å². The molecular formula is C14H8Br2FN3O. The fourth-order valence-electron chi connectivity index (χ4n) is 1.86. The fourth-order valence-corrected chi connectivity index (χ4v) is 2.71. The zero-order valence-electron chi connectivity index (χ0n) is 10.5. The fraction of sp³-hybridized carbons (Fsp3) is 0. The molecule has 4 nitrogen and oxygen atoms in total. The van der Waals surface area contributed by atoms with Gasteiger partial charge in [-0.2, -0.15) is 4.98 Å². The van der Waals surface area contributed by atoms with Gasteiger partial charge in [0.15, 0.2) is 0 Å². The van der Waals surface area contributed by atoms with E-state index in [4.69, 9.17) is 10.3 Å². The van der Waals surface area contributed by atoms with Crippen LogP contribution in [-0.2, 0) is 0 Å². The van der Waals surface area contributed by atoms with Gasteiger partial charge in [0, 0.05) is 20.2 Å². The predicted molar refractivity (Wildman–Crippen MR) is 84.9 cm³/mol. The van der Waals surface area contributed by atoms with Crippen LogP contribution in [0.15, 0.2) is 49.9 Å². The van der Waals surface area contributed by atoms with Gasteiger partial charge in [-0.1, -0.05) is 37.0 Å². The molecule has 0 bridgehead atoms. The number of hydrogen-bond acceptors (Lipinski definition) is 4. The molecule has 3 rings (SSSR count). The molecule has 106 valence electrons. The van der Waals surface area contributed by atoms with Crippen molar-refractivity contribution in [3.8, 4) is 22.8 Å². The Kier molecular flexibility index (Phi) is 3.77. The molecule has 0 spiro atoms. The highest BCUT2D eigenvalue weighted by atomic mass is 79.9. The molecule has 1 aromatic heterocycles. The molecule has 1 heterocycles. The van der Waals surface area contributed by atoms with E-state index in [2.05, 4.69) is 42.0 Å². The summed E-state index contributed by atoms with van der Waals surface area (Å²) in [5.41, 5.74) is 7.59. The molecule has 3 aromatic rings.